The standard InChI is InChI=1S/C16H24FNO/c1-12(2)19-15-6-5-13(9-14(15)17)10-16(11-18)7-3-4-8-16/h5-6,9,12H,3-4,7-8,10-11,18H2,1-2H3. The SMILES string of the molecule is CC(C)Oc1ccc(CC2(CN)CCCC2)cc1F. The van der Waals surface area contributed by atoms with Crippen LogP contribution in [0.25, 0.3) is 0 Å². The van der Waals surface area contributed by atoms with Crippen LogP contribution < -0.4 is 10.5 Å². The molecular formula is C16H24FNO. The summed E-state index contributed by atoms with van der Waals surface area (Å²) < 4.78 is 19.4. The average molecular weight is 265 g/mol. The predicted molar refractivity (Wildman–Crippen MR) is 75.8 cm³/mol. The van der Waals surface area contributed by atoms with Gasteiger partial charge in [-0.15, -0.1) is 0 Å². The Hall–Kier alpha value is -1.09. The van der Waals surface area contributed by atoms with Crippen LogP contribution in [0, 0.1) is 11.2 Å². The van der Waals surface area contributed by atoms with E-state index < -0.39 is 0 Å². The molecule has 0 heterocycles. The number of rotatable bonds is 5. The van der Waals surface area contributed by atoms with Gasteiger partial charge in [0, 0.05) is 0 Å². The number of hydrogen-bond donors (Lipinski definition) is 1. The lowest BCUT2D eigenvalue weighted by Gasteiger charge is -2.27. The maximum atomic E-state index is 14.0. The molecule has 0 radical (unpaired) electrons. The van der Waals surface area contributed by atoms with Crippen LogP contribution >= 0.6 is 0 Å². The van der Waals surface area contributed by atoms with E-state index in [2.05, 4.69) is 0 Å². The molecule has 19 heavy (non-hydrogen) atoms. The number of ether oxygens (including phenoxy) is 1. The number of halogens is 1. The van der Waals surface area contributed by atoms with Crippen molar-refractivity contribution >= 4 is 0 Å². The van der Waals surface area contributed by atoms with E-state index in [0.717, 1.165) is 24.8 Å². The predicted octanol–water partition coefficient (Wildman–Crippen LogP) is 3.67. The first-order chi connectivity index (χ1) is 9.04. The van der Waals surface area contributed by atoms with Crippen LogP contribution in [0.2, 0.25) is 0 Å². The summed E-state index contributed by atoms with van der Waals surface area (Å²) in [6.45, 7) is 4.49. The second-order valence-corrected chi connectivity index (χ2v) is 6.02. The van der Waals surface area contributed by atoms with Gasteiger partial charge < -0.3 is 10.5 Å². The van der Waals surface area contributed by atoms with Crippen molar-refractivity contribution in [1.82, 2.24) is 0 Å². The number of benzene rings is 1. The van der Waals surface area contributed by atoms with Gasteiger partial charge in [0.25, 0.3) is 0 Å². The van der Waals surface area contributed by atoms with Crippen molar-refractivity contribution in [3.8, 4) is 5.75 Å². The molecule has 0 unspecified atom stereocenters. The van der Waals surface area contributed by atoms with Crippen LogP contribution in [0.3, 0.4) is 0 Å². The van der Waals surface area contributed by atoms with Crippen LogP contribution in [0.15, 0.2) is 18.2 Å². The molecule has 0 saturated heterocycles. The molecule has 2 N–H and O–H groups in total. The van der Waals surface area contributed by atoms with Crippen molar-refractivity contribution in [2.45, 2.75) is 52.1 Å². The summed E-state index contributed by atoms with van der Waals surface area (Å²) in [4.78, 5) is 0. The summed E-state index contributed by atoms with van der Waals surface area (Å²) in [5.74, 6) is 0.0725. The molecule has 2 nitrogen and oxygen atoms in total. The third-order valence-corrected chi connectivity index (χ3v) is 4.04. The molecule has 0 aliphatic heterocycles. The molecular weight excluding hydrogens is 241 g/mol. The fourth-order valence-electron chi connectivity index (χ4n) is 3.01. The summed E-state index contributed by atoms with van der Waals surface area (Å²) in [7, 11) is 0. The Labute approximate surface area is 115 Å². The second kappa shape index (κ2) is 5.91. The summed E-state index contributed by atoms with van der Waals surface area (Å²) >= 11 is 0. The summed E-state index contributed by atoms with van der Waals surface area (Å²) in [5, 5.41) is 0. The Morgan fingerprint density at radius 2 is 2.00 bits per heavy atom. The molecule has 0 bridgehead atoms. The van der Waals surface area contributed by atoms with E-state index in [0.29, 0.717) is 12.3 Å². The van der Waals surface area contributed by atoms with E-state index in [4.69, 9.17) is 10.5 Å². The zero-order chi connectivity index (χ0) is 13.9. The van der Waals surface area contributed by atoms with Crippen LogP contribution in [-0.2, 0) is 6.42 Å². The molecule has 0 spiro atoms. The Kier molecular flexibility index (Phi) is 4.46. The molecule has 2 rings (SSSR count). The van der Waals surface area contributed by atoms with Crippen molar-refractivity contribution in [3.63, 3.8) is 0 Å². The van der Waals surface area contributed by atoms with Crippen LogP contribution in [-0.4, -0.2) is 12.6 Å². The summed E-state index contributed by atoms with van der Waals surface area (Å²) in [6, 6.07) is 5.31. The van der Waals surface area contributed by atoms with E-state index >= 15 is 0 Å². The topological polar surface area (TPSA) is 35.2 Å². The number of nitrogens with two attached hydrogens (primary N) is 1. The quantitative estimate of drug-likeness (QED) is 0.881. The van der Waals surface area contributed by atoms with E-state index in [1.165, 1.54) is 12.8 Å². The molecule has 0 amide bonds. The van der Waals surface area contributed by atoms with Gasteiger partial charge in [0.05, 0.1) is 6.10 Å². The molecule has 1 saturated carbocycles. The fourth-order valence-corrected chi connectivity index (χ4v) is 3.01. The fraction of sp³-hybridized carbons (Fsp3) is 0.625. The highest BCUT2D eigenvalue weighted by atomic mass is 19.1. The smallest absolute Gasteiger partial charge is 0.165 e. The maximum Gasteiger partial charge on any atom is 0.165 e. The van der Waals surface area contributed by atoms with Crippen LogP contribution in [0.5, 0.6) is 5.75 Å². The summed E-state index contributed by atoms with van der Waals surface area (Å²) in [5.41, 5.74) is 7.15. The monoisotopic (exact) mass is 265 g/mol. The van der Waals surface area contributed by atoms with Gasteiger partial charge in [-0.1, -0.05) is 18.9 Å². The molecule has 0 aromatic heterocycles. The first-order valence-electron chi connectivity index (χ1n) is 7.20. The normalized spacial score (nSPS) is 17.9. The molecule has 1 fully saturated rings. The highest BCUT2D eigenvalue weighted by molar-refractivity contribution is 5.30. The van der Waals surface area contributed by atoms with E-state index in [1.54, 1.807) is 12.1 Å². The van der Waals surface area contributed by atoms with Crippen molar-refractivity contribution in [1.29, 1.82) is 0 Å². The Bertz CT molecular complexity index is 425. The number of hydrogen-bond acceptors (Lipinski definition) is 2. The lowest BCUT2D eigenvalue weighted by Crippen LogP contribution is -2.29. The minimum Gasteiger partial charge on any atom is -0.488 e. The lowest BCUT2D eigenvalue weighted by atomic mass is 9.80. The van der Waals surface area contributed by atoms with E-state index in [1.807, 2.05) is 19.9 Å². The molecule has 1 aromatic carbocycles. The highest BCUT2D eigenvalue weighted by Gasteiger charge is 2.32. The van der Waals surface area contributed by atoms with Gasteiger partial charge >= 0.3 is 0 Å². The Morgan fingerprint density at radius 1 is 1.32 bits per heavy atom. The molecule has 1 aromatic rings. The maximum absolute atomic E-state index is 14.0. The van der Waals surface area contributed by atoms with Crippen LogP contribution in [0.1, 0.15) is 45.1 Å². The van der Waals surface area contributed by atoms with Gasteiger partial charge in [-0.3, -0.25) is 0 Å². The van der Waals surface area contributed by atoms with Crippen LogP contribution in [0.4, 0.5) is 4.39 Å². The molecule has 1 aliphatic rings. The minimum atomic E-state index is -0.267. The van der Waals surface area contributed by atoms with E-state index in [-0.39, 0.29) is 17.3 Å². The van der Waals surface area contributed by atoms with Gasteiger partial charge in [-0.25, -0.2) is 4.39 Å². The van der Waals surface area contributed by atoms with Crippen molar-refractivity contribution in [2.24, 2.45) is 11.1 Å². The Balaban J connectivity index is 2.11. The molecule has 3 heteroatoms. The zero-order valence-electron chi connectivity index (χ0n) is 11.9. The van der Waals surface area contributed by atoms with Crippen molar-refractivity contribution in [2.75, 3.05) is 6.54 Å². The lowest BCUT2D eigenvalue weighted by molar-refractivity contribution is 0.230. The van der Waals surface area contributed by atoms with Gasteiger partial charge in [0.1, 0.15) is 0 Å². The highest BCUT2D eigenvalue weighted by Crippen LogP contribution is 2.40. The third-order valence-electron chi connectivity index (χ3n) is 4.04. The average Bonchev–Trinajstić information content (AvgIpc) is 2.81. The van der Waals surface area contributed by atoms with E-state index in [9.17, 15) is 4.39 Å². The third kappa shape index (κ3) is 3.47. The van der Waals surface area contributed by atoms with Crippen molar-refractivity contribution < 1.29 is 9.13 Å². The van der Waals surface area contributed by atoms with Gasteiger partial charge in [0.15, 0.2) is 11.6 Å². The first-order valence-corrected chi connectivity index (χ1v) is 7.20. The minimum absolute atomic E-state index is 0.00874. The molecule has 106 valence electrons. The zero-order valence-corrected chi connectivity index (χ0v) is 11.9. The first kappa shape index (κ1) is 14.3. The molecule has 0 atom stereocenters. The van der Waals surface area contributed by atoms with Crippen molar-refractivity contribution in [3.05, 3.63) is 29.6 Å². The summed E-state index contributed by atoms with van der Waals surface area (Å²) in [6.07, 6.45) is 5.68. The Morgan fingerprint density at radius 3 is 2.53 bits per heavy atom. The second-order valence-electron chi connectivity index (χ2n) is 6.02. The molecule has 1 aliphatic carbocycles. The van der Waals surface area contributed by atoms with Gasteiger partial charge in [-0.05, 0) is 62.8 Å². The van der Waals surface area contributed by atoms with Gasteiger partial charge in [-0.2, -0.15) is 0 Å². The largest absolute Gasteiger partial charge is 0.488 e. The van der Waals surface area contributed by atoms with Gasteiger partial charge in [0.2, 0.25) is 0 Å².